The molecule has 0 radical (unpaired) electrons. The lowest BCUT2D eigenvalue weighted by Gasteiger charge is -2.26. The van der Waals surface area contributed by atoms with Gasteiger partial charge in [-0.25, -0.2) is 21.1 Å². The van der Waals surface area contributed by atoms with Crippen LogP contribution in [-0.4, -0.2) is 60.5 Å². The summed E-state index contributed by atoms with van der Waals surface area (Å²) < 4.78 is 51.9. The number of sulfonamides is 2. The van der Waals surface area contributed by atoms with E-state index in [9.17, 15) is 21.6 Å². The van der Waals surface area contributed by atoms with E-state index < -0.39 is 20.0 Å². The third kappa shape index (κ3) is 4.60. The van der Waals surface area contributed by atoms with Crippen molar-refractivity contribution in [3.05, 3.63) is 53.1 Å². The van der Waals surface area contributed by atoms with Crippen LogP contribution < -0.4 is 9.21 Å². The van der Waals surface area contributed by atoms with E-state index in [0.717, 1.165) is 31.6 Å². The van der Waals surface area contributed by atoms with Crippen LogP contribution in [0.1, 0.15) is 16.7 Å². The first-order valence-electron chi connectivity index (χ1n) is 9.73. The predicted octanol–water partition coefficient (Wildman–Crippen LogP) is 1.91. The van der Waals surface area contributed by atoms with Crippen LogP contribution in [0.5, 0.6) is 0 Å². The van der Waals surface area contributed by atoms with Crippen molar-refractivity contribution >= 4 is 37.3 Å². The molecule has 2 aromatic carbocycles. The SMILES string of the molecule is Cc1ccc(N(CC(=O)N2CCc3cc(S(=O)(=O)N(C)C)ccc32)S(C)(=O)=O)cc1C. The molecule has 8 nitrogen and oxygen atoms in total. The molecular weight excluding hydrogens is 438 g/mol. The molecule has 168 valence electrons. The first kappa shape index (κ1) is 23.2. The Labute approximate surface area is 184 Å². The zero-order valence-corrected chi connectivity index (χ0v) is 19.9. The fraction of sp³-hybridized carbons (Fsp3) is 0.381. The Morgan fingerprint density at radius 2 is 1.68 bits per heavy atom. The van der Waals surface area contributed by atoms with Gasteiger partial charge in [-0.15, -0.1) is 0 Å². The highest BCUT2D eigenvalue weighted by Crippen LogP contribution is 2.31. The molecule has 0 saturated heterocycles. The van der Waals surface area contributed by atoms with Crippen LogP contribution in [0.2, 0.25) is 0 Å². The lowest BCUT2D eigenvalue weighted by molar-refractivity contribution is -0.117. The number of carbonyl (C=O) groups excluding carboxylic acids is 1. The van der Waals surface area contributed by atoms with E-state index in [1.807, 2.05) is 19.9 Å². The number of amides is 1. The van der Waals surface area contributed by atoms with Crippen molar-refractivity contribution in [2.24, 2.45) is 0 Å². The van der Waals surface area contributed by atoms with E-state index in [1.54, 1.807) is 24.3 Å². The number of fused-ring (bicyclic) bond motifs is 1. The highest BCUT2D eigenvalue weighted by Gasteiger charge is 2.30. The van der Waals surface area contributed by atoms with Crippen LogP contribution in [0.3, 0.4) is 0 Å². The molecule has 0 N–H and O–H groups in total. The fourth-order valence-corrected chi connectivity index (χ4v) is 5.29. The van der Waals surface area contributed by atoms with Crippen LogP contribution in [0, 0.1) is 13.8 Å². The third-order valence-corrected chi connectivity index (χ3v) is 8.44. The average Bonchev–Trinajstić information content (AvgIpc) is 3.10. The number of hydrogen-bond donors (Lipinski definition) is 0. The molecule has 1 aliphatic rings. The number of benzene rings is 2. The minimum absolute atomic E-state index is 0.165. The minimum Gasteiger partial charge on any atom is -0.310 e. The number of nitrogens with zero attached hydrogens (tertiary/aromatic N) is 3. The molecule has 0 aromatic heterocycles. The molecule has 0 spiro atoms. The van der Waals surface area contributed by atoms with Crippen LogP contribution in [0.25, 0.3) is 0 Å². The molecule has 0 saturated carbocycles. The summed E-state index contributed by atoms with van der Waals surface area (Å²) in [5.41, 5.74) is 3.75. The van der Waals surface area contributed by atoms with E-state index in [1.165, 1.54) is 25.1 Å². The number of anilines is 2. The summed E-state index contributed by atoms with van der Waals surface area (Å²) in [6.07, 6.45) is 1.58. The number of aryl methyl sites for hydroxylation is 2. The van der Waals surface area contributed by atoms with E-state index in [0.29, 0.717) is 24.3 Å². The zero-order chi connectivity index (χ0) is 23.1. The maximum absolute atomic E-state index is 13.1. The number of rotatable bonds is 6. The van der Waals surface area contributed by atoms with Crippen molar-refractivity contribution in [1.82, 2.24) is 4.31 Å². The summed E-state index contributed by atoms with van der Waals surface area (Å²) in [7, 11) is -4.33. The Kier molecular flexibility index (Phi) is 6.18. The Morgan fingerprint density at radius 1 is 1.00 bits per heavy atom. The first-order valence-corrected chi connectivity index (χ1v) is 13.0. The summed E-state index contributed by atoms with van der Waals surface area (Å²) >= 11 is 0. The lowest BCUT2D eigenvalue weighted by Crippen LogP contribution is -2.42. The number of carbonyl (C=O) groups is 1. The van der Waals surface area contributed by atoms with Crippen molar-refractivity contribution in [2.45, 2.75) is 25.2 Å². The van der Waals surface area contributed by atoms with E-state index in [-0.39, 0.29) is 17.3 Å². The smallest absolute Gasteiger partial charge is 0.247 e. The molecule has 0 bridgehead atoms. The molecule has 2 aromatic rings. The lowest BCUT2D eigenvalue weighted by atomic mass is 10.1. The van der Waals surface area contributed by atoms with E-state index in [2.05, 4.69) is 0 Å². The van der Waals surface area contributed by atoms with Crippen LogP contribution in [-0.2, 0) is 31.3 Å². The van der Waals surface area contributed by atoms with Gasteiger partial charge in [0.05, 0.1) is 16.8 Å². The van der Waals surface area contributed by atoms with Crippen LogP contribution >= 0.6 is 0 Å². The van der Waals surface area contributed by atoms with Gasteiger partial charge in [0.15, 0.2) is 0 Å². The summed E-state index contributed by atoms with van der Waals surface area (Å²) in [6, 6.07) is 9.92. The van der Waals surface area contributed by atoms with Crippen molar-refractivity contribution in [2.75, 3.05) is 42.6 Å². The average molecular weight is 466 g/mol. The maximum Gasteiger partial charge on any atom is 0.247 e. The number of hydrogen-bond acceptors (Lipinski definition) is 5. The summed E-state index contributed by atoms with van der Waals surface area (Å²) in [5, 5.41) is 0. The normalized spacial score (nSPS) is 14.1. The molecule has 31 heavy (non-hydrogen) atoms. The molecule has 1 heterocycles. The molecule has 1 amide bonds. The van der Waals surface area contributed by atoms with Gasteiger partial charge in [-0.2, -0.15) is 0 Å². The largest absolute Gasteiger partial charge is 0.310 e. The molecule has 3 rings (SSSR count). The van der Waals surface area contributed by atoms with Gasteiger partial charge in [0.2, 0.25) is 26.0 Å². The third-order valence-electron chi connectivity index (χ3n) is 5.48. The van der Waals surface area contributed by atoms with Gasteiger partial charge in [0, 0.05) is 26.3 Å². The van der Waals surface area contributed by atoms with Crippen molar-refractivity contribution < 1.29 is 21.6 Å². The highest BCUT2D eigenvalue weighted by atomic mass is 32.2. The molecule has 0 atom stereocenters. The molecule has 0 fully saturated rings. The van der Waals surface area contributed by atoms with Gasteiger partial charge in [0.25, 0.3) is 0 Å². The second-order valence-electron chi connectivity index (χ2n) is 7.91. The Bertz CT molecular complexity index is 1240. The topological polar surface area (TPSA) is 95.1 Å². The summed E-state index contributed by atoms with van der Waals surface area (Å²) in [5.74, 6) is -0.370. The fourth-order valence-electron chi connectivity index (χ4n) is 3.50. The van der Waals surface area contributed by atoms with Crippen LogP contribution in [0.15, 0.2) is 41.3 Å². The zero-order valence-electron chi connectivity index (χ0n) is 18.3. The standard InChI is InChI=1S/C21H27N3O5S2/c1-15-6-7-18(12-16(15)2)24(30(5,26)27)14-21(25)23-11-10-17-13-19(8-9-20(17)23)31(28,29)22(3)4/h6-9,12-13H,10-11,14H2,1-5H3. The second-order valence-corrected chi connectivity index (χ2v) is 12.0. The molecule has 0 aliphatic carbocycles. The minimum atomic E-state index is -3.68. The molecular formula is C21H27N3O5S2. The van der Waals surface area contributed by atoms with Gasteiger partial charge in [-0.1, -0.05) is 6.07 Å². The summed E-state index contributed by atoms with van der Waals surface area (Å²) in [6.45, 7) is 3.85. The van der Waals surface area contributed by atoms with Gasteiger partial charge in [0.1, 0.15) is 6.54 Å². The van der Waals surface area contributed by atoms with Gasteiger partial charge in [-0.05, 0) is 67.3 Å². The van der Waals surface area contributed by atoms with Gasteiger partial charge in [-0.3, -0.25) is 9.10 Å². The second kappa shape index (κ2) is 8.25. The predicted molar refractivity (Wildman–Crippen MR) is 121 cm³/mol. The Hall–Kier alpha value is -2.43. The monoisotopic (exact) mass is 465 g/mol. The molecule has 1 aliphatic heterocycles. The van der Waals surface area contributed by atoms with Crippen LogP contribution in [0.4, 0.5) is 11.4 Å². The van der Waals surface area contributed by atoms with Gasteiger partial charge >= 0.3 is 0 Å². The van der Waals surface area contributed by atoms with Gasteiger partial charge < -0.3 is 4.90 Å². The molecule has 0 unspecified atom stereocenters. The van der Waals surface area contributed by atoms with E-state index in [4.69, 9.17) is 0 Å². The van der Waals surface area contributed by atoms with Crippen molar-refractivity contribution in [3.8, 4) is 0 Å². The quantitative estimate of drug-likeness (QED) is 0.650. The summed E-state index contributed by atoms with van der Waals surface area (Å²) in [4.78, 5) is 14.8. The Morgan fingerprint density at radius 3 is 2.26 bits per heavy atom. The van der Waals surface area contributed by atoms with Crippen molar-refractivity contribution in [3.63, 3.8) is 0 Å². The molecule has 10 heteroatoms. The first-order chi connectivity index (χ1) is 14.3. The maximum atomic E-state index is 13.1. The van der Waals surface area contributed by atoms with Crippen molar-refractivity contribution in [1.29, 1.82) is 0 Å². The Balaban J connectivity index is 1.89. The highest BCUT2D eigenvalue weighted by molar-refractivity contribution is 7.92. The van der Waals surface area contributed by atoms with E-state index >= 15 is 0 Å².